The molecule has 0 saturated carbocycles. The number of halogens is 1. The van der Waals surface area contributed by atoms with Crippen molar-refractivity contribution in [3.63, 3.8) is 0 Å². The molecule has 2 atom stereocenters. The number of anilines is 1. The van der Waals surface area contributed by atoms with E-state index in [1.54, 1.807) is 0 Å². The lowest BCUT2D eigenvalue weighted by Crippen LogP contribution is -2.58. The van der Waals surface area contributed by atoms with Crippen molar-refractivity contribution < 1.29 is 14.3 Å². The summed E-state index contributed by atoms with van der Waals surface area (Å²) in [6.45, 7) is 4.27. The first-order valence-corrected chi connectivity index (χ1v) is 12.2. The van der Waals surface area contributed by atoms with Gasteiger partial charge in [0, 0.05) is 43.7 Å². The molecule has 0 aromatic heterocycles. The number of carbonyl (C=O) groups is 2. The molecule has 0 aliphatic carbocycles. The summed E-state index contributed by atoms with van der Waals surface area (Å²) in [5, 5.41) is 0.750. The Morgan fingerprint density at radius 3 is 2.39 bits per heavy atom. The van der Waals surface area contributed by atoms with Crippen LogP contribution in [0.5, 0.6) is 0 Å². The molecule has 2 aromatic rings. The van der Waals surface area contributed by atoms with Gasteiger partial charge in [-0.1, -0.05) is 41.9 Å². The summed E-state index contributed by atoms with van der Waals surface area (Å²) in [5.41, 5.74) is 1.85. The number of hydrogen-bond donors (Lipinski definition) is 0. The Bertz CT molecular complexity index is 976. The van der Waals surface area contributed by atoms with Crippen molar-refractivity contribution in [1.82, 2.24) is 9.80 Å². The Hall–Kier alpha value is -2.41. The van der Waals surface area contributed by atoms with Crippen LogP contribution in [0.4, 0.5) is 10.5 Å². The highest BCUT2D eigenvalue weighted by molar-refractivity contribution is 6.30. The molecule has 0 N–H and O–H groups in total. The van der Waals surface area contributed by atoms with E-state index >= 15 is 0 Å². The minimum absolute atomic E-state index is 0.114. The molecule has 3 heterocycles. The van der Waals surface area contributed by atoms with Crippen LogP contribution in [0.3, 0.4) is 0 Å². The van der Waals surface area contributed by atoms with Gasteiger partial charge in [-0.15, -0.1) is 0 Å². The van der Waals surface area contributed by atoms with Gasteiger partial charge in [-0.2, -0.15) is 0 Å². The third-order valence-corrected chi connectivity index (χ3v) is 7.36. The number of hydrogen-bond acceptors (Lipinski definition) is 4. The average Bonchev–Trinajstić information content (AvgIpc) is 3.29. The minimum atomic E-state index is -0.175. The van der Waals surface area contributed by atoms with Crippen molar-refractivity contribution in [2.75, 3.05) is 37.7 Å². The normalized spacial score (nSPS) is 25.1. The molecule has 3 aliphatic rings. The van der Waals surface area contributed by atoms with Crippen molar-refractivity contribution in [3.05, 3.63) is 65.2 Å². The Morgan fingerprint density at radius 1 is 0.939 bits per heavy atom. The first-order valence-electron chi connectivity index (χ1n) is 11.9. The summed E-state index contributed by atoms with van der Waals surface area (Å²) in [6, 6.07) is 17.2. The van der Waals surface area contributed by atoms with Gasteiger partial charge in [0.1, 0.15) is 0 Å². The maximum Gasteiger partial charge on any atom is 0.331 e. The van der Waals surface area contributed by atoms with Crippen LogP contribution in [0, 0.1) is 5.92 Å². The van der Waals surface area contributed by atoms with Crippen LogP contribution in [0.25, 0.3) is 0 Å². The SMILES string of the molecule is O=C1CCN(C2CCN(CC3COC(c4ccc(Cl)cc4)C3)CC2)C(=O)N1c1ccccc1. The van der Waals surface area contributed by atoms with Crippen LogP contribution >= 0.6 is 11.6 Å². The topological polar surface area (TPSA) is 53.1 Å². The second-order valence-corrected chi connectivity index (χ2v) is 9.73. The highest BCUT2D eigenvalue weighted by atomic mass is 35.5. The molecular weight excluding hydrogens is 438 g/mol. The fourth-order valence-electron chi connectivity index (χ4n) is 5.34. The Balaban J connectivity index is 1.13. The first-order chi connectivity index (χ1) is 16.1. The van der Waals surface area contributed by atoms with Crippen LogP contribution in [0.15, 0.2) is 54.6 Å². The quantitative estimate of drug-likeness (QED) is 0.637. The fourth-order valence-corrected chi connectivity index (χ4v) is 5.46. The van der Waals surface area contributed by atoms with E-state index in [1.807, 2.05) is 47.4 Å². The van der Waals surface area contributed by atoms with E-state index < -0.39 is 0 Å². The molecule has 0 spiro atoms. The summed E-state index contributed by atoms with van der Waals surface area (Å²) in [6.07, 6.45) is 3.44. The largest absolute Gasteiger partial charge is 0.373 e. The molecule has 2 unspecified atom stereocenters. The van der Waals surface area contributed by atoms with Gasteiger partial charge in [-0.05, 0) is 55.0 Å². The standard InChI is InChI=1S/C26H30ClN3O3/c27-21-8-6-20(7-9-21)24-16-19(18-33-24)17-28-13-10-22(11-14-28)29-15-12-25(31)30(26(29)32)23-4-2-1-3-5-23/h1-9,19,22,24H,10-18H2. The van der Waals surface area contributed by atoms with E-state index in [2.05, 4.69) is 17.0 Å². The zero-order chi connectivity index (χ0) is 22.8. The van der Waals surface area contributed by atoms with E-state index in [4.69, 9.17) is 16.3 Å². The molecule has 2 aromatic carbocycles. The van der Waals surface area contributed by atoms with Crippen LogP contribution in [0.2, 0.25) is 5.02 Å². The van der Waals surface area contributed by atoms with Gasteiger partial charge >= 0.3 is 6.03 Å². The average molecular weight is 468 g/mol. The first kappa shape index (κ1) is 22.4. The maximum atomic E-state index is 13.2. The number of carbonyl (C=O) groups excluding carboxylic acids is 2. The van der Waals surface area contributed by atoms with E-state index in [-0.39, 0.29) is 24.1 Å². The number of urea groups is 1. The van der Waals surface area contributed by atoms with Crippen molar-refractivity contribution in [2.24, 2.45) is 5.92 Å². The second-order valence-electron chi connectivity index (χ2n) is 9.30. The Kier molecular flexibility index (Phi) is 6.67. The molecule has 33 heavy (non-hydrogen) atoms. The predicted molar refractivity (Wildman–Crippen MR) is 128 cm³/mol. The number of likely N-dealkylation sites (tertiary alicyclic amines) is 1. The highest BCUT2D eigenvalue weighted by Crippen LogP contribution is 2.34. The lowest BCUT2D eigenvalue weighted by Gasteiger charge is -2.42. The van der Waals surface area contributed by atoms with E-state index in [9.17, 15) is 9.59 Å². The number of amides is 3. The number of ether oxygens (including phenoxy) is 1. The number of nitrogens with zero attached hydrogens (tertiary/aromatic N) is 3. The van der Waals surface area contributed by atoms with Gasteiger partial charge in [-0.25, -0.2) is 9.69 Å². The molecule has 0 bridgehead atoms. The molecule has 6 nitrogen and oxygen atoms in total. The van der Waals surface area contributed by atoms with Gasteiger partial charge in [0.2, 0.25) is 5.91 Å². The third kappa shape index (κ3) is 4.93. The van der Waals surface area contributed by atoms with Crippen molar-refractivity contribution in [2.45, 2.75) is 37.8 Å². The molecule has 7 heteroatoms. The summed E-state index contributed by atoms with van der Waals surface area (Å²) in [5.74, 6) is 0.404. The molecule has 0 radical (unpaired) electrons. The van der Waals surface area contributed by atoms with Crippen molar-refractivity contribution >= 4 is 29.2 Å². The molecular formula is C26H30ClN3O3. The van der Waals surface area contributed by atoms with E-state index in [0.29, 0.717) is 24.6 Å². The number of imide groups is 1. The second kappa shape index (κ2) is 9.84. The predicted octanol–water partition coefficient (Wildman–Crippen LogP) is 4.74. The number of rotatable bonds is 5. The summed E-state index contributed by atoms with van der Waals surface area (Å²) in [7, 11) is 0. The summed E-state index contributed by atoms with van der Waals surface area (Å²) < 4.78 is 6.07. The minimum Gasteiger partial charge on any atom is -0.373 e. The number of benzene rings is 2. The summed E-state index contributed by atoms with van der Waals surface area (Å²) in [4.78, 5) is 31.4. The smallest absolute Gasteiger partial charge is 0.331 e. The van der Waals surface area contributed by atoms with Gasteiger partial charge < -0.3 is 14.5 Å². The lowest BCUT2D eigenvalue weighted by atomic mass is 9.97. The van der Waals surface area contributed by atoms with Crippen LogP contribution in [-0.4, -0.2) is 60.6 Å². The highest BCUT2D eigenvalue weighted by Gasteiger charge is 2.38. The van der Waals surface area contributed by atoms with Crippen molar-refractivity contribution in [3.8, 4) is 0 Å². The zero-order valence-corrected chi connectivity index (χ0v) is 19.5. The molecule has 3 fully saturated rings. The van der Waals surface area contributed by atoms with Crippen LogP contribution in [-0.2, 0) is 9.53 Å². The molecule has 3 saturated heterocycles. The molecule has 5 rings (SSSR count). The Morgan fingerprint density at radius 2 is 1.67 bits per heavy atom. The van der Waals surface area contributed by atoms with Crippen molar-refractivity contribution in [1.29, 1.82) is 0 Å². The lowest BCUT2D eigenvalue weighted by molar-refractivity contribution is -0.119. The third-order valence-electron chi connectivity index (χ3n) is 7.10. The summed E-state index contributed by atoms with van der Waals surface area (Å²) >= 11 is 6.01. The van der Waals surface area contributed by atoms with E-state index in [1.165, 1.54) is 10.5 Å². The van der Waals surface area contributed by atoms with Crippen LogP contribution in [0.1, 0.15) is 37.4 Å². The van der Waals surface area contributed by atoms with Gasteiger partial charge in [0.05, 0.1) is 18.4 Å². The fraction of sp³-hybridized carbons (Fsp3) is 0.462. The molecule has 3 amide bonds. The molecule has 174 valence electrons. The van der Waals surface area contributed by atoms with Gasteiger partial charge in [0.25, 0.3) is 0 Å². The zero-order valence-electron chi connectivity index (χ0n) is 18.7. The maximum absolute atomic E-state index is 13.2. The monoisotopic (exact) mass is 467 g/mol. The number of para-hydroxylation sites is 1. The van der Waals surface area contributed by atoms with Gasteiger partial charge in [0.15, 0.2) is 0 Å². The van der Waals surface area contributed by atoms with E-state index in [0.717, 1.165) is 50.5 Å². The molecule has 3 aliphatic heterocycles. The van der Waals surface area contributed by atoms with Crippen LogP contribution < -0.4 is 4.90 Å². The van der Waals surface area contributed by atoms with Gasteiger partial charge in [-0.3, -0.25) is 4.79 Å². The Labute approximate surface area is 200 Å². The number of piperidine rings is 1.